The van der Waals surface area contributed by atoms with Crippen LogP contribution in [0.25, 0.3) is 0 Å². The number of rotatable bonds is 2. The highest BCUT2D eigenvalue weighted by Gasteiger charge is 2.39. The summed E-state index contributed by atoms with van der Waals surface area (Å²) in [5, 5.41) is 0. The van der Waals surface area contributed by atoms with Gasteiger partial charge in [-0.2, -0.15) is 11.8 Å². The first-order chi connectivity index (χ1) is 10.1. The Kier molecular flexibility index (Phi) is 3.97. The summed E-state index contributed by atoms with van der Waals surface area (Å²) >= 11 is 1.84. The first-order valence-electron chi connectivity index (χ1n) is 7.25. The van der Waals surface area contributed by atoms with Gasteiger partial charge in [0.15, 0.2) is 0 Å². The lowest BCUT2D eigenvalue weighted by Gasteiger charge is -2.35. The minimum absolute atomic E-state index is 0.00837. The standard InChI is InChI=1S/C15H20N2O3S/c1-10-3-4-13(20-10)12-9-21-6-5-17(12)15(19)11-7-14(18)16(2)8-11/h3-4,11-12H,5-9H2,1-2H3/t11-,12+/m0/s1. The summed E-state index contributed by atoms with van der Waals surface area (Å²) in [5.74, 6) is 3.46. The van der Waals surface area contributed by atoms with Crippen LogP contribution in [0.4, 0.5) is 0 Å². The molecule has 1 aromatic heterocycles. The second-order valence-electron chi connectivity index (χ2n) is 5.75. The van der Waals surface area contributed by atoms with Crippen molar-refractivity contribution in [2.45, 2.75) is 19.4 Å². The Balaban J connectivity index is 1.78. The fraction of sp³-hybridized carbons (Fsp3) is 0.600. The maximum atomic E-state index is 12.8. The summed E-state index contributed by atoms with van der Waals surface area (Å²) < 4.78 is 5.72. The normalized spacial score (nSPS) is 26.5. The monoisotopic (exact) mass is 308 g/mol. The summed E-state index contributed by atoms with van der Waals surface area (Å²) in [6, 6.07) is 3.88. The van der Waals surface area contributed by atoms with E-state index in [1.165, 1.54) is 0 Å². The molecule has 3 heterocycles. The van der Waals surface area contributed by atoms with E-state index in [2.05, 4.69) is 0 Å². The molecule has 2 aliphatic rings. The number of nitrogens with zero attached hydrogens (tertiary/aromatic N) is 2. The Labute approximate surface area is 128 Å². The molecule has 0 saturated carbocycles. The minimum Gasteiger partial charge on any atom is -0.464 e. The number of amides is 2. The lowest BCUT2D eigenvalue weighted by atomic mass is 10.1. The third-order valence-electron chi connectivity index (χ3n) is 4.19. The van der Waals surface area contributed by atoms with Crippen LogP contribution in [0.1, 0.15) is 24.0 Å². The van der Waals surface area contributed by atoms with E-state index in [1.807, 2.05) is 35.7 Å². The molecule has 114 valence electrons. The number of hydrogen-bond acceptors (Lipinski definition) is 4. The third-order valence-corrected chi connectivity index (χ3v) is 5.21. The number of likely N-dealkylation sites (tertiary alicyclic amines) is 1. The third kappa shape index (κ3) is 2.81. The topological polar surface area (TPSA) is 53.8 Å². The number of carbonyl (C=O) groups excluding carboxylic acids is 2. The van der Waals surface area contributed by atoms with Crippen molar-refractivity contribution >= 4 is 23.6 Å². The van der Waals surface area contributed by atoms with Crippen LogP contribution >= 0.6 is 11.8 Å². The van der Waals surface area contributed by atoms with E-state index in [4.69, 9.17) is 4.42 Å². The molecular weight excluding hydrogens is 288 g/mol. The molecule has 2 aliphatic heterocycles. The van der Waals surface area contributed by atoms with Crippen LogP contribution in [0.15, 0.2) is 16.5 Å². The highest BCUT2D eigenvalue weighted by molar-refractivity contribution is 7.99. The van der Waals surface area contributed by atoms with Crippen molar-refractivity contribution in [1.82, 2.24) is 9.80 Å². The van der Waals surface area contributed by atoms with Crippen molar-refractivity contribution in [2.24, 2.45) is 5.92 Å². The van der Waals surface area contributed by atoms with Gasteiger partial charge in [0.25, 0.3) is 0 Å². The second-order valence-corrected chi connectivity index (χ2v) is 6.90. The molecule has 0 bridgehead atoms. The molecule has 21 heavy (non-hydrogen) atoms. The van der Waals surface area contributed by atoms with Crippen molar-refractivity contribution in [3.05, 3.63) is 23.7 Å². The van der Waals surface area contributed by atoms with Crippen LogP contribution in [0, 0.1) is 12.8 Å². The van der Waals surface area contributed by atoms with E-state index in [1.54, 1.807) is 11.9 Å². The van der Waals surface area contributed by atoms with Gasteiger partial charge in [-0.05, 0) is 19.1 Å². The van der Waals surface area contributed by atoms with Gasteiger partial charge < -0.3 is 14.2 Å². The first-order valence-corrected chi connectivity index (χ1v) is 8.40. The predicted molar refractivity (Wildman–Crippen MR) is 81.0 cm³/mol. The molecule has 0 aliphatic carbocycles. The van der Waals surface area contributed by atoms with E-state index in [0.29, 0.717) is 13.0 Å². The van der Waals surface area contributed by atoms with Gasteiger partial charge in [0.05, 0.1) is 12.0 Å². The van der Waals surface area contributed by atoms with Crippen LogP contribution in [0.5, 0.6) is 0 Å². The zero-order valence-corrected chi connectivity index (χ0v) is 13.2. The lowest BCUT2D eigenvalue weighted by molar-refractivity contribution is -0.138. The number of aryl methyl sites for hydroxylation is 1. The van der Waals surface area contributed by atoms with Crippen LogP contribution in [0.3, 0.4) is 0 Å². The Morgan fingerprint density at radius 2 is 2.24 bits per heavy atom. The van der Waals surface area contributed by atoms with Gasteiger partial charge >= 0.3 is 0 Å². The van der Waals surface area contributed by atoms with Gasteiger partial charge in [-0.25, -0.2) is 0 Å². The summed E-state index contributed by atoms with van der Waals surface area (Å²) in [6.07, 6.45) is 0.336. The molecule has 2 fully saturated rings. The molecule has 0 aromatic carbocycles. The van der Waals surface area contributed by atoms with Gasteiger partial charge in [0, 0.05) is 38.1 Å². The molecule has 6 heteroatoms. The van der Waals surface area contributed by atoms with Gasteiger partial charge in [-0.3, -0.25) is 9.59 Å². The molecule has 5 nitrogen and oxygen atoms in total. The van der Waals surface area contributed by atoms with Gasteiger partial charge in [-0.1, -0.05) is 0 Å². The van der Waals surface area contributed by atoms with Crippen LogP contribution in [0.2, 0.25) is 0 Å². The van der Waals surface area contributed by atoms with E-state index in [9.17, 15) is 9.59 Å². The molecule has 0 spiro atoms. The van der Waals surface area contributed by atoms with Crippen LogP contribution in [-0.2, 0) is 9.59 Å². The second kappa shape index (κ2) is 5.75. The summed E-state index contributed by atoms with van der Waals surface area (Å²) in [4.78, 5) is 28.0. The molecule has 1 aromatic rings. The summed E-state index contributed by atoms with van der Waals surface area (Å²) in [7, 11) is 1.76. The number of thioether (sulfide) groups is 1. The van der Waals surface area contributed by atoms with E-state index in [0.717, 1.165) is 29.6 Å². The van der Waals surface area contributed by atoms with E-state index >= 15 is 0 Å². The Hall–Kier alpha value is -1.43. The van der Waals surface area contributed by atoms with Crippen molar-refractivity contribution in [2.75, 3.05) is 31.6 Å². The van der Waals surface area contributed by atoms with Crippen molar-refractivity contribution in [3.63, 3.8) is 0 Å². The average molecular weight is 308 g/mol. The average Bonchev–Trinajstić information content (AvgIpc) is 3.05. The summed E-state index contributed by atoms with van der Waals surface area (Å²) in [6.45, 7) is 3.17. The van der Waals surface area contributed by atoms with Gasteiger partial charge in [0.1, 0.15) is 11.5 Å². The van der Waals surface area contributed by atoms with Crippen LogP contribution < -0.4 is 0 Å². The highest BCUT2D eigenvalue weighted by atomic mass is 32.2. The minimum atomic E-state index is -0.204. The van der Waals surface area contributed by atoms with Crippen molar-refractivity contribution in [1.29, 1.82) is 0 Å². The molecule has 0 N–H and O–H groups in total. The molecule has 2 amide bonds. The van der Waals surface area contributed by atoms with E-state index in [-0.39, 0.29) is 23.8 Å². The van der Waals surface area contributed by atoms with Gasteiger partial charge in [0.2, 0.25) is 11.8 Å². The quantitative estimate of drug-likeness (QED) is 0.834. The Bertz CT molecular complexity index is 557. The fourth-order valence-electron chi connectivity index (χ4n) is 3.00. The van der Waals surface area contributed by atoms with Crippen molar-refractivity contribution < 1.29 is 14.0 Å². The first kappa shape index (κ1) is 14.5. The van der Waals surface area contributed by atoms with Gasteiger partial charge in [-0.15, -0.1) is 0 Å². The Morgan fingerprint density at radius 1 is 1.43 bits per heavy atom. The highest BCUT2D eigenvalue weighted by Crippen LogP contribution is 2.33. The number of carbonyl (C=O) groups is 2. The molecule has 2 saturated heterocycles. The number of hydrogen-bond donors (Lipinski definition) is 0. The van der Waals surface area contributed by atoms with E-state index < -0.39 is 0 Å². The maximum absolute atomic E-state index is 12.8. The molecule has 0 unspecified atom stereocenters. The molecule has 3 rings (SSSR count). The smallest absolute Gasteiger partial charge is 0.228 e. The predicted octanol–water partition coefficient (Wildman–Crippen LogP) is 1.68. The molecule has 0 radical (unpaired) electrons. The lowest BCUT2D eigenvalue weighted by Crippen LogP contribution is -2.44. The number of furan rings is 1. The fourth-order valence-corrected chi connectivity index (χ4v) is 4.06. The summed E-state index contributed by atoms with van der Waals surface area (Å²) in [5.41, 5.74) is 0. The molecule has 2 atom stereocenters. The molecular formula is C15H20N2O3S. The zero-order valence-electron chi connectivity index (χ0n) is 12.4. The maximum Gasteiger partial charge on any atom is 0.228 e. The van der Waals surface area contributed by atoms with Crippen LogP contribution in [-0.4, -0.2) is 53.3 Å². The Morgan fingerprint density at radius 3 is 2.86 bits per heavy atom. The van der Waals surface area contributed by atoms with Crippen molar-refractivity contribution in [3.8, 4) is 0 Å². The SMILES string of the molecule is Cc1ccc([C@H]2CSCCN2C(=O)[C@H]2CC(=O)N(C)C2)o1. The largest absolute Gasteiger partial charge is 0.464 e. The zero-order chi connectivity index (χ0) is 15.0.